The molecule has 1 aromatic rings. The van der Waals surface area contributed by atoms with Crippen molar-refractivity contribution >= 4 is 33.5 Å². The number of amides is 1. The molecular weight excluding hydrogens is 328 g/mol. The lowest BCUT2D eigenvalue weighted by molar-refractivity contribution is -0.124. The summed E-state index contributed by atoms with van der Waals surface area (Å²) in [5, 5.41) is 2.55. The van der Waals surface area contributed by atoms with Gasteiger partial charge < -0.3 is 20.5 Å². The third-order valence-electron chi connectivity index (χ3n) is 2.60. The van der Waals surface area contributed by atoms with Crippen molar-refractivity contribution in [2.45, 2.75) is 6.92 Å². The fourth-order valence-electron chi connectivity index (χ4n) is 1.46. The van der Waals surface area contributed by atoms with Crippen molar-refractivity contribution in [3.63, 3.8) is 0 Å². The van der Waals surface area contributed by atoms with Crippen LogP contribution in [0.15, 0.2) is 16.6 Å². The van der Waals surface area contributed by atoms with Gasteiger partial charge in [0.2, 0.25) is 0 Å². The number of nitrogens with one attached hydrogen (secondary N) is 1. The molecule has 1 rings (SSSR count). The van der Waals surface area contributed by atoms with Crippen LogP contribution in [0.5, 0.6) is 0 Å². The standard InChI is InChI=1S/C13H17BrN2O4/c1-8-10(5-9(14)6-11(8)15)13(18)20-7-12(17)16-3-4-19-2/h5-6H,3-4,7,15H2,1-2H3,(H,16,17). The minimum Gasteiger partial charge on any atom is -0.452 e. The van der Waals surface area contributed by atoms with E-state index in [1.807, 2.05) is 0 Å². The van der Waals surface area contributed by atoms with Crippen LogP contribution in [0.1, 0.15) is 15.9 Å². The molecule has 0 radical (unpaired) electrons. The maximum Gasteiger partial charge on any atom is 0.339 e. The number of hydrogen-bond donors (Lipinski definition) is 2. The lowest BCUT2D eigenvalue weighted by Crippen LogP contribution is -2.31. The third-order valence-corrected chi connectivity index (χ3v) is 3.05. The Kier molecular flexibility index (Phi) is 6.47. The van der Waals surface area contributed by atoms with E-state index in [0.717, 1.165) is 0 Å². The highest BCUT2D eigenvalue weighted by Gasteiger charge is 2.15. The van der Waals surface area contributed by atoms with E-state index in [4.69, 9.17) is 15.2 Å². The second kappa shape index (κ2) is 7.86. The number of ether oxygens (including phenoxy) is 2. The molecule has 0 bridgehead atoms. The van der Waals surface area contributed by atoms with Crippen molar-refractivity contribution in [3.8, 4) is 0 Å². The zero-order valence-corrected chi connectivity index (χ0v) is 13.0. The number of anilines is 1. The molecule has 0 aliphatic heterocycles. The lowest BCUT2D eigenvalue weighted by Gasteiger charge is -2.10. The summed E-state index contributed by atoms with van der Waals surface area (Å²) in [6, 6.07) is 3.31. The normalized spacial score (nSPS) is 10.2. The van der Waals surface area contributed by atoms with Crippen LogP contribution >= 0.6 is 15.9 Å². The van der Waals surface area contributed by atoms with Crippen LogP contribution in [-0.2, 0) is 14.3 Å². The van der Waals surface area contributed by atoms with Crippen molar-refractivity contribution in [2.24, 2.45) is 0 Å². The van der Waals surface area contributed by atoms with E-state index >= 15 is 0 Å². The van der Waals surface area contributed by atoms with Gasteiger partial charge in [0, 0.05) is 23.8 Å². The molecule has 0 saturated heterocycles. The third kappa shape index (κ3) is 4.82. The van der Waals surface area contributed by atoms with Gasteiger partial charge >= 0.3 is 5.97 Å². The van der Waals surface area contributed by atoms with Crippen molar-refractivity contribution in [1.82, 2.24) is 5.32 Å². The van der Waals surface area contributed by atoms with E-state index in [1.165, 1.54) is 7.11 Å². The summed E-state index contributed by atoms with van der Waals surface area (Å²) in [6.07, 6.45) is 0. The number of benzene rings is 1. The summed E-state index contributed by atoms with van der Waals surface area (Å²) in [5.74, 6) is -0.964. The fraction of sp³-hybridized carbons (Fsp3) is 0.385. The molecule has 1 amide bonds. The van der Waals surface area contributed by atoms with Gasteiger partial charge in [-0.05, 0) is 24.6 Å². The number of halogens is 1. The quantitative estimate of drug-likeness (QED) is 0.460. The van der Waals surface area contributed by atoms with Crippen LogP contribution in [-0.4, -0.2) is 38.7 Å². The van der Waals surface area contributed by atoms with Gasteiger partial charge in [0.05, 0.1) is 12.2 Å². The van der Waals surface area contributed by atoms with Crippen molar-refractivity contribution in [2.75, 3.05) is 32.6 Å². The molecule has 0 unspecified atom stereocenters. The zero-order valence-electron chi connectivity index (χ0n) is 11.4. The van der Waals surface area contributed by atoms with Gasteiger partial charge in [-0.2, -0.15) is 0 Å². The average molecular weight is 345 g/mol. The number of carbonyl (C=O) groups is 2. The Balaban J connectivity index is 2.57. The number of nitrogens with two attached hydrogens (primary N) is 1. The first-order valence-corrected chi connectivity index (χ1v) is 6.73. The SMILES string of the molecule is COCCNC(=O)COC(=O)c1cc(Br)cc(N)c1C. The van der Waals surface area contributed by atoms with Crippen molar-refractivity contribution in [3.05, 3.63) is 27.7 Å². The Morgan fingerprint density at radius 1 is 1.40 bits per heavy atom. The molecule has 0 aliphatic carbocycles. The topological polar surface area (TPSA) is 90.6 Å². The molecule has 0 aromatic heterocycles. The summed E-state index contributed by atoms with van der Waals surface area (Å²) in [4.78, 5) is 23.3. The van der Waals surface area contributed by atoms with Gasteiger partial charge in [-0.15, -0.1) is 0 Å². The summed E-state index contributed by atoms with van der Waals surface area (Å²) in [6.45, 7) is 2.15. The number of esters is 1. The smallest absolute Gasteiger partial charge is 0.339 e. The van der Waals surface area contributed by atoms with Gasteiger partial charge in [0.15, 0.2) is 6.61 Å². The second-order valence-corrected chi connectivity index (χ2v) is 5.00. The van der Waals surface area contributed by atoms with Gasteiger partial charge in [-0.1, -0.05) is 15.9 Å². The van der Waals surface area contributed by atoms with Gasteiger partial charge in [-0.25, -0.2) is 4.79 Å². The first-order chi connectivity index (χ1) is 9.45. The van der Waals surface area contributed by atoms with Crippen LogP contribution in [0.25, 0.3) is 0 Å². The summed E-state index contributed by atoms with van der Waals surface area (Å²) in [7, 11) is 1.53. The predicted octanol–water partition coefficient (Wildman–Crippen LogP) is 1.26. The van der Waals surface area contributed by atoms with Gasteiger partial charge in [0.25, 0.3) is 5.91 Å². The Morgan fingerprint density at radius 2 is 2.10 bits per heavy atom. The van der Waals surface area contributed by atoms with Crippen molar-refractivity contribution < 1.29 is 19.1 Å². The largest absolute Gasteiger partial charge is 0.452 e. The Labute approximate surface area is 125 Å². The molecule has 110 valence electrons. The molecule has 0 aliphatic rings. The zero-order chi connectivity index (χ0) is 15.1. The molecule has 0 saturated carbocycles. The first kappa shape index (κ1) is 16.5. The molecule has 6 nitrogen and oxygen atoms in total. The number of carbonyl (C=O) groups excluding carboxylic acids is 2. The van der Waals surface area contributed by atoms with E-state index in [0.29, 0.717) is 34.4 Å². The maximum absolute atomic E-state index is 11.9. The molecule has 7 heteroatoms. The minimum atomic E-state index is -0.586. The highest BCUT2D eigenvalue weighted by atomic mass is 79.9. The summed E-state index contributed by atoms with van der Waals surface area (Å²) < 4.78 is 10.4. The monoisotopic (exact) mass is 344 g/mol. The van der Waals surface area contributed by atoms with E-state index in [2.05, 4.69) is 21.2 Å². The van der Waals surface area contributed by atoms with Gasteiger partial charge in [-0.3, -0.25) is 4.79 Å². The van der Waals surface area contributed by atoms with E-state index in [-0.39, 0.29) is 12.5 Å². The molecule has 0 heterocycles. The predicted molar refractivity (Wildman–Crippen MR) is 78.5 cm³/mol. The van der Waals surface area contributed by atoms with Crippen molar-refractivity contribution in [1.29, 1.82) is 0 Å². The van der Waals surface area contributed by atoms with Crippen LogP contribution in [0, 0.1) is 6.92 Å². The van der Waals surface area contributed by atoms with E-state index in [1.54, 1.807) is 19.1 Å². The summed E-state index contributed by atoms with van der Waals surface area (Å²) in [5.41, 5.74) is 7.21. The van der Waals surface area contributed by atoms with Crippen LogP contribution in [0.3, 0.4) is 0 Å². The Morgan fingerprint density at radius 3 is 2.75 bits per heavy atom. The summed E-state index contributed by atoms with van der Waals surface area (Å²) >= 11 is 3.26. The second-order valence-electron chi connectivity index (χ2n) is 4.09. The minimum absolute atomic E-state index is 0.335. The number of methoxy groups -OCH3 is 1. The lowest BCUT2D eigenvalue weighted by atomic mass is 10.1. The van der Waals surface area contributed by atoms with Crippen LogP contribution in [0.2, 0.25) is 0 Å². The molecule has 3 N–H and O–H groups in total. The molecule has 0 spiro atoms. The molecule has 1 aromatic carbocycles. The van der Waals surface area contributed by atoms with E-state index < -0.39 is 5.97 Å². The number of rotatable bonds is 6. The van der Waals surface area contributed by atoms with Crippen LogP contribution in [0.4, 0.5) is 5.69 Å². The fourth-order valence-corrected chi connectivity index (χ4v) is 1.94. The first-order valence-electron chi connectivity index (χ1n) is 5.94. The number of hydrogen-bond acceptors (Lipinski definition) is 5. The Hall–Kier alpha value is -1.60. The van der Waals surface area contributed by atoms with Gasteiger partial charge in [0.1, 0.15) is 0 Å². The van der Waals surface area contributed by atoms with E-state index in [9.17, 15) is 9.59 Å². The number of nitrogen functional groups attached to an aromatic ring is 1. The molecule has 20 heavy (non-hydrogen) atoms. The maximum atomic E-state index is 11.9. The highest BCUT2D eigenvalue weighted by molar-refractivity contribution is 9.10. The molecule has 0 atom stereocenters. The molecule has 0 fully saturated rings. The van der Waals surface area contributed by atoms with Crippen LogP contribution < -0.4 is 11.1 Å². The Bertz CT molecular complexity index is 505. The molecular formula is C13H17BrN2O4. The highest BCUT2D eigenvalue weighted by Crippen LogP contribution is 2.23. The average Bonchev–Trinajstić information content (AvgIpc) is 2.40.